The van der Waals surface area contributed by atoms with Crippen LogP contribution in [0, 0.1) is 12.8 Å². The zero-order valence-electron chi connectivity index (χ0n) is 15.8. The molecule has 0 aliphatic rings. The lowest BCUT2D eigenvalue weighted by Crippen LogP contribution is -2.31. The van der Waals surface area contributed by atoms with Gasteiger partial charge in [0.1, 0.15) is 12.4 Å². The van der Waals surface area contributed by atoms with Crippen LogP contribution in [0.2, 0.25) is 0 Å². The van der Waals surface area contributed by atoms with E-state index in [0.29, 0.717) is 18.3 Å². The number of pyridine rings is 1. The van der Waals surface area contributed by atoms with Gasteiger partial charge in [-0.15, -0.1) is 0 Å². The van der Waals surface area contributed by atoms with E-state index in [2.05, 4.69) is 68.0 Å². The molecule has 4 nitrogen and oxygen atoms in total. The van der Waals surface area contributed by atoms with Gasteiger partial charge >= 0.3 is 0 Å². The van der Waals surface area contributed by atoms with Crippen molar-refractivity contribution in [2.45, 2.75) is 39.7 Å². The summed E-state index contributed by atoms with van der Waals surface area (Å²) in [5.41, 5.74) is 3.42. The maximum Gasteiger partial charge on any atom is 0.166 e. The Balaban J connectivity index is 1.81. The monoisotopic (exact) mass is 347 g/mol. The second-order valence-electron chi connectivity index (χ2n) is 7.06. The molecule has 3 rings (SSSR count). The topological polar surface area (TPSA) is 47.9 Å². The van der Waals surface area contributed by atoms with E-state index in [1.54, 1.807) is 24.7 Å². The van der Waals surface area contributed by atoms with Gasteiger partial charge in [-0.1, -0.05) is 43.7 Å². The van der Waals surface area contributed by atoms with Crippen LogP contribution < -0.4 is 4.74 Å². The molecule has 3 aromatic rings. The van der Waals surface area contributed by atoms with Crippen LogP contribution in [-0.4, -0.2) is 15.0 Å². The number of hydrogen-bond acceptors (Lipinski definition) is 4. The Morgan fingerprint density at radius 1 is 0.962 bits per heavy atom. The zero-order valence-corrected chi connectivity index (χ0v) is 15.8. The first-order valence-electron chi connectivity index (χ1n) is 8.92. The highest BCUT2D eigenvalue weighted by atomic mass is 16.5. The van der Waals surface area contributed by atoms with Gasteiger partial charge in [-0.05, 0) is 43.5 Å². The van der Waals surface area contributed by atoms with Gasteiger partial charge in [0.25, 0.3) is 0 Å². The Kier molecular flexibility index (Phi) is 5.31. The number of ether oxygens (including phenoxy) is 1. The average Bonchev–Trinajstić information content (AvgIpc) is 2.67. The molecule has 0 N–H and O–H groups in total. The smallest absolute Gasteiger partial charge is 0.166 e. The van der Waals surface area contributed by atoms with Gasteiger partial charge in [0.2, 0.25) is 0 Å². The lowest BCUT2D eigenvalue weighted by Gasteiger charge is -2.34. The number of rotatable bonds is 6. The Bertz CT molecular complexity index is 830. The maximum absolute atomic E-state index is 5.75. The molecule has 0 radical (unpaired) electrons. The first-order valence-corrected chi connectivity index (χ1v) is 8.92. The molecule has 0 amide bonds. The van der Waals surface area contributed by atoms with E-state index < -0.39 is 0 Å². The minimum atomic E-state index is -0.158. The van der Waals surface area contributed by atoms with E-state index in [1.807, 2.05) is 6.07 Å². The highest BCUT2D eigenvalue weighted by Crippen LogP contribution is 2.38. The second-order valence-corrected chi connectivity index (χ2v) is 7.06. The fourth-order valence-corrected chi connectivity index (χ4v) is 3.00. The molecule has 134 valence electrons. The lowest BCUT2D eigenvalue weighted by atomic mass is 9.70. The summed E-state index contributed by atoms with van der Waals surface area (Å²) in [5.74, 6) is 1.78. The van der Waals surface area contributed by atoms with Crippen molar-refractivity contribution < 1.29 is 4.74 Å². The summed E-state index contributed by atoms with van der Waals surface area (Å²) < 4.78 is 5.75. The first kappa shape index (κ1) is 18.1. The van der Waals surface area contributed by atoms with Crippen LogP contribution in [0.3, 0.4) is 0 Å². The molecule has 0 saturated carbocycles. The van der Waals surface area contributed by atoms with Gasteiger partial charge in [-0.3, -0.25) is 4.98 Å². The van der Waals surface area contributed by atoms with Crippen molar-refractivity contribution in [2.75, 3.05) is 0 Å². The van der Waals surface area contributed by atoms with Crippen LogP contribution in [-0.2, 0) is 12.0 Å². The molecule has 1 atom stereocenters. The average molecular weight is 347 g/mol. The molecule has 0 spiro atoms. The van der Waals surface area contributed by atoms with Gasteiger partial charge in [-0.25, -0.2) is 9.97 Å². The Hall–Kier alpha value is -2.75. The van der Waals surface area contributed by atoms with E-state index in [0.717, 1.165) is 11.4 Å². The third-order valence-electron chi connectivity index (χ3n) is 5.06. The number of hydrogen-bond donors (Lipinski definition) is 0. The van der Waals surface area contributed by atoms with Crippen molar-refractivity contribution in [2.24, 2.45) is 5.92 Å². The van der Waals surface area contributed by atoms with Crippen LogP contribution in [0.5, 0.6) is 5.75 Å². The summed E-state index contributed by atoms with van der Waals surface area (Å²) in [6.45, 7) is 9.17. The summed E-state index contributed by atoms with van der Waals surface area (Å²) in [5, 5.41) is 0. The van der Waals surface area contributed by atoms with E-state index >= 15 is 0 Å². The fourth-order valence-electron chi connectivity index (χ4n) is 3.00. The fraction of sp³-hybridized carbons (Fsp3) is 0.318. The van der Waals surface area contributed by atoms with Crippen molar-refractivity contribution in [3.05, 3.63) is 83.7 Å². The Morgan fingerprint density at radius 3 is 2.23 bits per heavy atom. The van der Waals surface area contributed by atoms with E-state index in [4.69, 9.17) is 9.72 Å². The molecule has 1 aromatic carbocycles. The number of benzene rings is 1. The summed E-state index contributed by atoms with van der Waals surface area (Å²) in [4.78, 5) is 13.0. The lowest BCUT2D eigenvalue weighted by molar-refractivity contribution is 0.293. The van der Waals surface area contributed by atoms with E-state index in [-0.39, 0.29) is 5.41 Å². The Morgan fingerprint density at radius 2 is 1.65 bits per heavy atom. The molecule has 0 aliphatic heterocycles. The summed E-state index contributed by atoms with van der Waals surface area (Å²) in [6.07, 6.45) is 5.21. The molecule has 0 aliphatic carbocycles. The van der Waals surface area contributed by atoms with Crippen LogP contribution in [0.25, 0.3) is 0 Å². The molecule has 2 heterocycles. The van der Waals surface area contributed by atoms with Gasteiger partial charge in [0, 0.05) is 17.8 Å². The third-order valence-corrected chi connectivity index (χ3v) is 5.06. The molecule has 1 unspecified atom stereocenters. The van der Waals surface area contributed by atoms with Gasteiger partial charge in [0.15, 0.2) is 5.82 Å². The van der Waals surface area contributed by atoms with Crippen molar-refractivity contribution in [1.82, 2.24) is 15.0 Å². The highest BCUT2D eigenvalue weighted by Gasteiger charge is 2.33. The largest absolute Gasteiger partial charge is 0.484 e. The minimum absolute atomic E-state index is 0.158. The van der Waals surface area contributed by atoms with Gasteiger partial charge < -0.3 is 4.74 Å². The molecule has 0 bridgehead atoms. The molecule has 4 heteroatoms. The molecule has 0 fully saturated rings. The van der Waals surface area contributed by atoms with Crippen LogP contribution in [0.15, 0.2) is 61.1 Å². The standard InChI is InChI=1S/C22H25N3O/c1-16(2)22(4,18-8-6-17(3)7-9-18)20-11-10-19(14-25-20)26-15-21-23-12-5-13-24-21/h5-14,16H,15H2,1-4H3. The molecule has 2 aromatic heterocycles. The van der Waals surface area contributed by atoms with Crippen molar-refractivity contribution >= 4 is 0 Å². The summed E-state index contributed by atoms with van der Waals surface area (Å²) in [7, 11) is 0. The molecular weight excluding hydrogens is 322 g/mol. The van der Waals surface area contributed by atoms with E-state index in [1.165, 1.54) is 11.1 Å². The quantitative estimate of drug-likeness (QED) is 0.647. The molecule has 26 heavy (non-hydrogen) atoms. The van der Waals surface area contributed by atoms with Crippen molar-refractivity contribution in [3.63, 3.8) is 0 Å². The number of aryl methyl sites for hydroxylation is 1. The van der Waals surface area contributed by atoms with Crippen LogP contribution in [0.4, 0.5) is 0 Å². The molecule has 0 saturated heterocycles. The van der Waals surface area contributed by atoms with Gasteiger partial charge in [-0.2, -0.15) is 0 Å². The summed E-state index contributed by atoms with van der Waals surface area (Å²) in [6, 6.07) is 14.5. The number of aromatic nitrogens is 3. The minimum Gasteiger partial charge on any atom is -0.484 e. The second kappa shape index (κ2) is 7.65. The molecular formula is C22H25N3O. The zero-order chi connectivity index (χ0) is 18.6. The SMILES string of the molecule is Cc1ccc(C(C)(c2ccc(OCc3ncccn3)cn2)C(C)C)cc1. The Labute approximate surface area is 155 Å². The van der Waals surface area contributed by atoms with E-state index in [9.17, 15) is 0 Å². The number of nitrogens with zero attached hydrogens (tertiary/aromatic N) is 3. The predicted octanol–water partition coefficient (Wildman–Crippen LogP) is 4.72. The van der Waals surface area contributed by atoms with Crippen LogP contribution >= 0.6 is 0 Å². The third kappa shape index (κ3) is 3.74. The predicted molar refractivity (Wildman–Crippen MR) is 103 cm³/mol. The summed E-state index contributed by atoms with van der Waals surface area (Å²) >= 11 is 0. The normalized spacial score (nSPS) is 13.4. The van der Waals surface area contributed by atoms with Gasteiger partial charge in [0.05, 0.1) is 11.9 Å². The van der Waals surface area contributed by atoms with Crippen molar-refractivity contribution in [3.8, 4) is 5.75 Å². The first-order chi connectivity index (χ1) is 12.5. The van der Waals surface area contributed by atoms with Crippen LogP contribution in [0.1, 0.15) is 43.4 Å². The maximum atomic E-state index is 5.75. The van der Waals surface area contributed by atoms with Crippen molar-refractivity contribution in [1.29, 1.82) is 0 Å². The highest BCUT2D eigenvalue weighted by molar-refractivity contribution is 5.38.